The molecule has 4 heterocycles. The fraction of sp³-hybridized carbons (Fsp3) is 0.280. The number of nitrogens with one attached hydrogen (secondary N) is 2. The average Bonchev–Trinajstić information content (AvgIpc) is 3.51. The summed E-state index contributed by atoms with van der Waals surface area (Å²) >= 11 is 2.93. The minimum atomic E-state index is -0.0800. The van der Waals surface area contributed by atoms with E-state index in [0.29, 0.717) is 31.0 Å². The van der Waals surface area contributed by atoms with Crippen molar-refractivity contribution in [3.8, 4) is 0 Å². The van der Waals surface area contributed by atoms with E-state index in [-0.39, 0.29) is 11.8 Å². The summed E-state index contributed by atoms with van der Waals surface area (Å²) in [4.78, 5) is 39.6. The summed E-state index contributed by atoms with van der Waals surface area (Å²) in [6.45, 7) is 5.64. The third kappa shape index (κ3) is 4.71. The van der Waals surface area contributed by atoms with E-state index in [9.17, 15) is 9.59 Å². The Kier molecular flexibility index (Phi) is 6.38. The highest BCUT2D eigenvalue weighted by molar-refractivity contribution is 7.99. The number of benzene rings is 1. The minimum absolute atomic E-state index is 0.0800. The van der Waals surface area contributed by atoms with Crippen molar-refractivity contribution in [1.82, 2.24) is 25.2 Å². The number of hydrogen-bond donors (Lipinski definition) is 2. The van der Waals surface area contributed by atoms with Crippen LogP contribution in [0.3, 0.4) is 0 Å². The molecular formula is C25H25N5O2S2. The molecule has 7 nitrogen and oxygen atoms in total. The van der Waals surface area contributed by atoms with Gasteiger partial charge in [0.15, 0.2) is 5.16 Å². The number of thioether (sulfide) groups is 1. The molecule has 0 saturated heterocycles. The van der Waals surface area contributed by atoms with Crippen LogP contribution in [0.15, 0.2) is 46.4 Å². The van der Waals surface area contributed by atoms with E-state index in [4.69, 9.17) is 0 Å². The molecule has 5 rings (SSSR count). The Hall–Kier alpha value is -3.17. The largest absolute Gasteiger partial charge is 0.348 e. The number of imidazole rings is 1. The number of aryl methyl sites for hydroxylation is 2. The van der Waals surface area contributed by atoms with Crippen LogP contribution < -0.4 is 5.32 Å². The van der Waals surface area contributed by atoms with Crippen LogP contribution in [0, 0.1) is 13.8 Å². The number of aromatic nitrogens is 3. The summed E-state index contributed by atoms with van der Waals surface area (Å²) in [7, 11) is 0. The standard InChI is InChI=1S/C25H25N5O2S2/c1-15-3-4-21-22(9-15)29-25(28-21)34-14-23(31)30-7-5-19-18(12-30)10-26-16(2)20(19)11-27-24(32)17-6-8-33-13-17/h3-4,6,8-10,13H,5,7,11-12,14H2,1-2H3,(H,27,32)(H,28,29). The molecule has 0 bridgehead atoms. The Bertz CT molecular complexity index is 1360. The van der Waals surface area contributed by atoms with Gasteiger partial charge in [-0.25, -0.2) is 4.98 Å². The second-order valence-corrected chi connectivity index (χ2v) is 10.2. The van der Waals surface area contributed by atoms with Gasteiger partial charge in [0, 0.05) is 42.5 Å². The van der Waals surface area contributed by atoms with E-state index in [1.165, 1.54) is 34.2 Å². The smallest absolute Gasteiger partial charge is 0.252 e. The molecule has 4 aromatic rings. The summed E-state index contributed by atoms with van der Waals surface area (Å²) in [5, 5.41) is 7.51. The lowest BCUT2D eigenvalue weighted by Crippen LogP contribution is -2.38. The predicted molar refractivity (Wildman–Crippen MR) is 135 cm³/mol. The molecule has 34 heavy (non-hydrogen) atoms. The molecule has 0 fully saturated rings. The number of rotatable bonds is 6. The topological polar surface area (TPSA) is 91.0 Å². The first kappa shape index (κ1) is 22.6. The molecule has 1 aromatic carbocycles. The molecule has 0 aliphatic carbocycles. The normalized spacial score (nSPS) is 13.2. The number of hydrogen-bond acceptors (Lipinski definition) is 6. The lowest BCUT2D eigenvalue weighted by molar-refractivity contribution is -0.129. The third-order valence-electron chi connectivity index (χ3n) is 6.11. The number of amides is 2. The average molecular weight is 492 g/mol. The van der Waals surface area contributed by atoms with Crippen molar-refractivity contribution < 1.29 is 9.59 Å². The van der Waals surface area contributed by atoms with Crippen LogP contribution in [0.5, 0.6) is 0 Å². The van der Waals surface area contributed by atoms with Gasteiger partial charge in [0.2, 0.25) is 5.91 Å². The molecule has 2 N–H and O–H groups in total. The number of H-pyrrole nitrogens is 1. The van der Waals surface area contributed by atoms with Gasteiger partial charge in [-0.05, 0) is 66.1 Å². The Labute approximate surface area is 206 Å². The summed E-state index contributed by atoms with van der Waals surface area (Å²) in [5.41, 5.74) is 7.96. The van der Waals surface area contributed by atoms with Crippen LogP contribution in [0.2, 0.25) is 0 Å². The zero-order valence-corrected chi connectivity index (χ0v) is 20.7. The van der Waals surface area contributed by atoms with Crippen LogP contribution in [0.1, 0.15) is 38.3 Å². The molecule has 9 heteroatoms. The summed E-state index contributed by atoms with van der Waals surface area (Å²) in [6.07, 6.45) is 2.62. The number of carbonyl (C=O) groups excluding carboxylic acids is 2. The first-order valence-corrected chi connectivity index (χ1v) is 13.0. The van der Waals surface area contributed by atoms with Crippen LogP contribution >= 0.6 is 23.1 Å². The van der Waals surface area contributed by atoms with E-state index in [2.05, 4.69) is 26.3 Å². The van der Waals surface area contributed by atoms with E-state index in [1.807, 2.05) is 53.9 Å². The molecular weight excluding hydrogens is 466 g/mol. The van der Waals surface area contributed by atoms with Gasteiger partial charge in [-0.1, -0.05) is 17.8 Å². The lowest BCUT2D eigenvalue weighted by atomic mass is 9.95. The number of pyridine rings is 1. The highest BCUT2D eigenvalue weighted by Crippen LogP contribution is 2.26. The van der Waals surface area contributed by atoms with Crippen molar-refractivity contribution in [2.24, 2.45) is 0 Å². The van der Waals surface area contributed by atoms with Gasteiger partial charge in [-0.3, -0.25) is 14.6 Å². The Balaban J connectivity index is 1.23. The van der Waals surface area contributed by atoms with Crippen LogP contribution in [-0.4, -0.2) is 44.0 Å². The number of nitrogens with zero attached hydrogens (tertiary/aromatic N) is 3. The number of thiophene rings is 1. The fourth-order valence-electron chi connectivity index (χ4n) is 4.22. The molecule has 0 unspecified atom stereocenters. The van der Waals surface area contributed by atoms with Crippen molar-refractivity contribution in [3.63, 3.8) is 0 Å². The summed E-state index contributed by atoms with van der Waals surface area (Å²) in [6, 6.07) is 7.90. The van der Waals surface area contributed by atoms with Crippen LogP contribution in [0.25, 0.3) is 11.0 Å². The second kappa shape index (κ2) is 9.60. The second-order valence-electron chi connectivity index (χ2n) is 8.44. The van der Waals surface area contributed by atoms with Crippen molar-refractivity contribution >= 4 is 45.9 Å². The van der Waals surface area contributed by atoms with Gasteiger partial charge in [0.05, 0.1) is 16.8 Å². The van der Waals surface area contributed by atoms with Gasteiger partial charge in [0.25, 0.3) is 5.91 Å². The van der Waals surface area contributed by atoms with Gasteiger partial charge < -0.3 is 15.2 Å². The summed E-state index contributed by atoms with van der Waals surface area (Å²) in [5.74, 6) is 0.334. The molecule has 174 valence electrons. The molecule has 3 aromatic heterocycles. The van der Waals surface area contributed by atoms with Crippen molar-refractivity contribution in [2.75, 3.05) is 12.3 Å². The zero-order valence-electron chi connectivity index (χ0n) is 19.1. The Morgan fingerprint density at radius 3 is 2.97 bits per heavy atom. The van der Waals surface area contributed by atoms with Gasteiger partial charge >= 0.3 is 0 Å². The van der Waals surface area contributed by atoms with Crippen molar-refractivity contribution in [3.05, 3.63) is 74.7 Å². The summed E-state index contributed by atoms with van der Waals surface area (Å²) < 4.78 is 0. The van der Waals surface area contributed by atoms with E-state index in [0.717, 1.165) is 39.4 Å². The van der Waals surface area contributed by atoms with Crippen molar-refractivity contribution in [1.29, 1.82) is 0 Å². The van der Waals surface area contributed by atoms with Crippen LogP contribution in [0.4, 0.5) is 0 Å². The highest BCUT2D eigenvalue weighted by Gasteiger charge is 2.24. The maximum absolute atomic E-state index is 12.9. The Morgan fingerprint density at radius 1 is 1.26 bits per heavy atom. The quantitative estimate of drug-likeness (QED) is 0.394. The molecule has 0 saturated carbocycles. The van der Waals surface area contributed by atoms with E-state index < -0.39 is 0 Å². The molecule has 0 radical (unpaired) electrons. The fourth-order valence-corrected chi connectivity index (χ4v) is 5.65. The van der Waals surface area contributed by atoms with E-state index in [1.54, 1.807) is 0 Å². The SMILES string of the molecule is Cc1ccc2nc(SCC(=O)N3CCc4c(cnc(C)c4CNC(=O)c4ccsc4)C3)[nH]c2c1. The number of fused-ring (bicyclic) bond motifs is 2. The van der Waals surface area contributed by atoms with Gasteiger partial charge in [0.1, 0.15) is 0 Å². The highest BCUT2D eigenvalue weighted by atomic mass is 32.2. The van der Waals surface area contributed by atoms with Gasteiger partial charge in [-0.15, -0.1) is 0 Å². The maximum atomic E-state index is 12.9. The van der Waals surface area contributed by atoms with Crippen LogP contribution in [-0.2, 0) is 24.3 Å². The first-order chi connectivity index (χ1) is 16.5. The molecule has 1 aliphatic rings. The predicted octanol–water partition coefficient (Wildman–Crippen LogP) is 4.24. The zero-order chi connectivity index (χ0) is 23.7. The number of aromatic amines is 1. The van der Waals surface area contributed by atoms with Crippen molar-refractivity contribution in [2.45, 2.75) is 38.5 Å². The molecule has 2 amide bonds. The maximum Gasteiger partial charge on any atom is 0.252 e. The Morgan fingerprint density at radius 2 is 2.15 bits per heavy atom. The lowest BCUT2D eigenvalue weighted by Gasteiger charge is -2.30. The third-order valence-corrected chi connectivity index (χ3v) is 7.65. The number of carbonyl (C=O) groups is 2. The first-order valence-electron chi connectivity index (χ1n) is 11.1. The van der Waals surface area contributed by atoms with Gasteiger partial charge in [-0.2, -0.15) is 11.3 Å². The van der Waals surface area contributed by atoms with E-state index >= 15 is 0 Å². The molecule has 0 spiro atoms. The minimum Gasteiger partial charge on any atom is -0.348 e. The monoisotopic (exact) mass is 491 g/mol. The molecule has 1 aliphatic heterocycles. The molecule has 0 atom stereocenters.